The van der Waals surface area contributed by atoms with Crippen molar-refractivity contribution >= 4 is 28.3 Å². The van der Waals surface area contributed by atoms with Crippen molar-refractivity contribution in [2.45, 2.75) is 0 Å². The van der Waals surface area contributed by atoms with Gasteiger partial charge in [-0.1, -0.05) is 42.5 Å². The number of hydrogen-bond donors (Lipinski definition) is 2. The van der Waals surface area contributed by atoms with Crippen molar-refractivity contribution in [1.82, 2.24) is 0 Å². The zero-order chi connectivity index (χ0) is 16.9. The standard InChI is InChI=1S/C19H16N2O3/c20-18(22)12-24-15-8-4-7-14(11-15)21-19(23)17-10-3-6-13-5-1-2-9-16(13)17/h1-11H,12H2,(H2,20,22)(H,21,23). The van der Waals surface area contributed by atoms with Crippen LogP contribution in [-0.2, 0) is 4.79 Å². The van der Waals surface area contributed by atoms with Crippen molar-refractivity contribution in [3.05, 3.63) is 72.3 Å². The summed E-state index contributed by atoms with van der Waals surface area (Å²) in [5.74, 6) is -0.302. The summed E-state index contributed by atoms with van der Waals surface area (Å²) in [6.07, 6.45) is 0. The molecule has 0 aliphatic rings. The van der Waals surface area contributed by atoms with Crippen LogP contribution < -0.4 is 15.8 Å². The molecule has 0 aliphatic carbocycles. The molecule has 5 heteroatoms. The summed E-state index contributed by atoms with van der Waals surface area (Å²) in [5.41, 5.74) is 6.23. The van der Waals surface area contributed by atoms with E-state index < -0.39 is 5.91 Å². The second-order valence-corrected chi connectivity index (χ2v) is 5.26. The number of primary amides is 1. The summed E-state index contributed by atoms with van der Waals surface area (Å²) in [5, 5.41) is 4.73. The number of hydrogen-bond acceptors (Lipinski definition) is 3. The quantitative estimate of drug-likeness (QED) is 0.758. The van der Waals surface area contributed by atoms with Gasteiger partial charge in [-0.05, 0) is 29.0 Å². The number of fused-ring (bicyclic) bond motifs is 1. The third kappa shape index (κ3) is 3.52. The number of carbonyl (C=O) groups is 2. The molecule has 3 aromatic rings. The molecule has 0 bridgehead atoms. The van der Waals surface area contributed by atoms with Crippen LogP contribution in [0.4, 0.5) is 5.69 Å². The Morgan fingerprint density at radius 3 is 2.54 bits per heavy atom. The lowest BCUT2D eigenvalue weighted by Crippen LogP contribution is -2.20. The number of anilines is 1. The molecule has 120 valence electrons. The Hall–Kier alpha value is -3.34. The van der Waals surface area contributed by atoms with Crippen molar-refractivity contribution in [3.8, 4) is 5.75 Å². The molecule has 0 atom stereocenters. The summed E-state index contributed by atoms with van der Waals surface area (Å²) in [6, 6.07) is 20.1. The van der Waals surface area contributed by atoms with Gasteiger partial charge < -0.3 is 15.8 Å². The van der Waals surface area contributed by atoms with Crippen molar-refractivity contribution in [3.63, 3.8) is 0 Å². The first-order valence-electron chi connectivity index (χ1n) is 7.44. The van der Waals surface area contributed by atoms with Crippen molar-refractivity contribution in [1.29, 1.82) is 0 Å². The van der Waals surface area contributed by atoms with Crippen LogP contribution in [0, 0.1) is 0 Å². The second-order valence-electron chi connectivity index (χ2n) is 5.26. The van der Waals surface area contributed by atoms with Crippen LogP contribution in [0.1, 0.15) is 10.4 Å². The molecule has 3 aromatic carbocycles. The van der Waals surface area contributed by atoms with E-state index in [1.807, 2.05) is 36.4 Å². The van der Waals surface area contributed by atoms with Gasteiger partial charge in [0.25, 0.3) is 11.8 Å². The van der Waals surface area contributed by atoms with E-state index in [-0.39, 0.29) is 12.5 Å². The average Bonchev–Trinajstić information content (AvgIpc) is 2.60. The minimum Gasteiger partial charge on any atom is -0.484 e. The topological polar surface area (TPSA) is 81.4 Å². The lowest BCUT2D eigenvalue weighted by atomic mass is 10.0. The Morgan fingerprint density at radius 2 is 1.71 bits per heavy atom. The van der Waals surface area contributed by atoms with Crippen LogP contribution in [0.15, 0.2) is 66.7 Å². The molecule has 0 aliphatic heterocycles. The summed E-state index contributed by atoms with van der Waals surface area (Å²) in [6.45, 7) is -0.208. The molecule has 24 heavy (non-hydrogen) atoms. The van der Waals surface area contributed by atoms with E-state index in [0.29, 0.717) is 17.0 Å². The predicted molar refractivity (Wildman–Crippen MR) is 93.0 cm³/mol. The van der Waals surface area contributed by atoms with Gasteiger partial charge in [-0.15, -0.1) is 0 Å². The number of nitrogens with one attached hydrogen (secondary N) is 1. The molecule has 0 aromatic heterocycles. The van der Waals surface area contributed by atoms with Gasteiger partial charge in [-0.25, -0.2) is 0 Å². The molecular weight excluding hydrogens is 304 g/mol. The molecular formula is C19H16N2O3. The maximum Gasteiger partial charge on any atom is 0.256 e. The van der Waals surface area contributed by atoms with Crippen molar-refractivity contribution in [2.75, 3.05) is 11.9 Å². The minimum atomic E-state index is -0.555. The molecule has 3 rings (SSSR count). The first kappa shape index (κ1) is 15.6. The molecule has 0 spiro atoms. The van der Waals surface area contributed by atoms with Gasteiger partial charge in [0.15, 0.2) is 6.61 Å². The second kappa shape index (κ2) is 6.83. The Labute approximate surface area is 139 Å². The number of nitrogens with two attached hydrogens (primary N) is 1. The highest BCUT2D eigenvalue weighted by molar-refractivity contribution is 6.12. The van der Waals surface area contributed by atoms with Gasteiger partial charge in [0, 0.05) is 17.3 Å². The molecule has 5 nitrogen and oxygen atoms in total. The first-order chi connectivity index (χ1) is 11.6. The Morgan fingerprint density at radius 1 is 0.958 bits per heavy atom. The van der Waals surface area contributed by atoms with E-state index in [9.17, 15) is 9.59 Å². The van der Waals surface area contributed by atoms with E-state index in [0.717, 1.165) is 10.8 Å². The molecule has 0 radical (unpaired) electrons. The van der Waals surface area contributed by atoms with Crippen LogP contribution in [0.25, 0.3) is 10.8 Å². The van der Waals surface area contributed by atoms with Crippen LogP contribution >= 0.6 is 0 Å². The molecule has 2 amide bonds. The van der Waals surface area contributed by atoms with Crippen LogP contribution in [0.2, 0.25) is 0 Å². The fraction of sp³-hybridized carbons (Fsp3) is 0.0526. The van der Waals surface area contributed by atoms with Gasteiger partial charge in [0.1, 0.15) is 5.75 Å². The third-order valence-corrected chi connectivity index (χ3v) is 3.51. The van der Waals surface area contributed by atoms with Crippen molar-refractivity contribution in [2.24, 2.45) is 5.73 Å². The summed E-state index contributed by atoms with van der Waals surface area (Å²) in [7, 11) is 0. The SMILES string of the molecule is NC(=O)COc1cccc(NC(=O)c2cccc3ccccc23)c1. The zero-order valence-corrected chi connectivity index (χ0v) is 12.9. The highest BCUT2D eigenvalue weighted by atomic mass is 16.5. The summed E-state index contributed by atoms with van der Waals surface area (Å²) in [4.78, 5) is 23.4. The first-order valence-corrected chi connectivity index (χ1v) is 7.44. The maximum atomic E-state index is 12.6. The Balaban J connectivity index is 1.81. The van der Waals surface area contributed by atoms with E-state index in [1.165, 1.54) is 0 Å². The molecule has 0 saturated heterocycles. The van der Waals surface area contributed by atoms with Crippen molar-refractivity contribution < 1.29 is 14.3 Å². The van der Waals surface area contributed by atoms with Gasteiger partial charge in [-0.2, -0.15) is 0 Å². The fourth-order valence-corrected chi connectivity index (χ4v) is 2.44. The zero-order valence-electron chi connectivity index (χ0n) is 12.9. The summed E-state index contributed by atoms with van der Waals surface area (Å²) < 4.78 is 5.24. The number of amides is 2. The molecule has 0 saturated carbocycles. The normalized spacial score (nSPS) is 10.3. The van der Waals surface area contributed by atoms with Crippen LogP contribution in [0.3, 0.4) is 0 Å². The lowest BCUT2D eigenvalue weighted by molar-refractivity contribution is -0.119. The van der Waals surface area contributed by atoms with E-state index in [4.69, 9.17) is 10.5 Å². The monoisotopic (exact) mass is 320 g/mol. The smallest absolute Gasteiger partial charge is 0.256 e. The van der Waals surface area contributed by atoms with E-state index >= 15 is 0 Å². The lowest BCUT2D eigenvalue weighted by Gasteiger charge is -2.10. The average molecular weight is 320 g/mol. The van der Waals surface area contributed by atoms with E-state index in [2.05, 4.69) is 5.32 Å². The van der Waals surface area contributed by atoms with Gasteiger partial charge in [0.05, 0.1) is 0 Å². The number of rotatable bonds is 5. The van der Waals surface area contributed by atoms with Crippen LogP contribution in [0.5, 0.6) is 5.75 Å². The van der Waals surface area contributed by atoms with Gasteiger partial charge in [0.2, 0.25) is 0 Å². The van der Waals surface area contributed by atoms with E-state index in [1.54, 1.807) is 30.3 Å². The molecule has 0 heterocycles. The third-order valence-electron chi connectivity index (χ3n) is 3.51. The fourth-order valence-electron chi connectivity index (χ4n) is 2.44. The highest BCUT2D eigenvalue weighted by Gasteiger charge is 2.10. The minimum absolute atomic E-state index is 0.208. The van der Waals surface area contributed by atoms with Crippen LogP contribution in [-0.4, -0.2) is 18.4 Å². The Kier molecular flexibility index (Phi) is 4.43. The molecule has 0 unspecified atom stereocenters. The number of ether oxygens (including phenoxy) is 1. The predicted octanol–water partition coefficient (Wildman–Crippen LogP) is 2.96. The molecule has 3 N–H and O–H groups in total. The number of carbonyl (C=O) groups excluding carboxylic acids is 2. The number of benzene rings is 3. The Bertz CT molecular complexity index is 901. The maximum absolute atomic E-state index is 12.6. The highest BCUT2D eigenvalue weighted by Crippen LogP contribution is 2.21. The largest absolute Gasteiger partial charge is 0.484 e. The summed E-state index contributed by atoms with van der Waals surface area (Å²) >= 11 is 0. The van der Waals surface area contributed by atoms with Gasteiger partial charge in [-0.3, -0.25) is 9.59 Å². The molecule has 0 fully saturated rings. The van der Waals surface area contributed by atoms with Gasteiger partial charge >= 0.3 is 0 Å².